The molecule has 1 aliphatic rings. The number of hydrogen-bond donors (Lipinski definition) is 0. The summed E-state index contributed by atoms with van der Waals surface area (Å²) < 4.78 is 73.5. The van der Waals surface area contributed by atoms with E-state index in [0.717, 1.165) is 8.99 Å². The third kappa shape index (κ3) is 4.13. The van der Waals surface area contributed by atoms with E-state index in [-0.39, 0.29) is 24.9 Å². The first kappa shape index (κ1) is 20.9. The third-order valence-corrected chi connectivity index (χ3v) is 6.96. The molecule has 0 N–H and O–H groups in total. The molecule has 6 nitrogen and oxygen atoms in total. The smallest absolute Gasteiger partial charge is 0.436 e. The molecular formula is C17H19ClF3N3O3S. The zero-order valence-corrected chi connectivity index (χ0v) is 16.8. The van der Waals surface area contributed by atoms with Gasteiger partial charge in [0, 0.05) is 25.2 Å². The monoisotopic (exact) mass is 437 g/mol. The minimum absolute atomic E-state index is 0.0492. The normalized spacial score (nSPS) is 17.1. The standard InChI is InChI=1S/C17H19ClF3N3O3S/c1-11-15(16(17(19,20)21)22-23(11)2)28(25,26)24-9-7-14(8-10-24)27-13-5-3-12(18)4-6-13/h3-6,14H,7-10H2,1-2H3. The Morgan fingerprint density at radius 3 is 2.29 bits per heavy atom. The van der Waals surface area contributed by atoms with Crippen molar-refractivity contribution in [3.63, 3.8) is 0 Å². The van der Waals surface area contributed by atoms with Crippen LogP contribution in [0.1, 0.15) is 24.2 Å². The number of alkyl halides is 3. The summed E-state index contributed by atoms with van der Waals surface area (Å²) in [6.07, 6.45) is -4.36. The van der Waals surface area contributed by atoms with Crippen LogP contribution in [0.4, 0.5) is 13.2 Å². The first-order valence-corrected chi connectivity index (χ1v) is 10.3. The van der Waals surface area contributed by atoms with E-state index in [9.17, 15) is 21.6 Å². The van der Waals surface area contributed by atoms with E-state index >= 15 is 0 Å². The lowest BCUT2D eigenvalue weighted by Crippen LogP contribution is -2.42. The third-order valence-electron chi connectivity index (χ3n) is 4.66. The van der Waals surface area contributed by atoms with Gasteiger partial charge in [-0.3, -0.25) is 4.68 Å². The maximum Gasteiger partial charge on any atom is 0.436 e. The lowest BCUT2D eigenvalue weighted by molar-refractivity contribution is -0.143. The Hall–Kier alpha value is -1.78. The van der Waals surface area contributed by atoms with Crippen molar-refractivity contribution in [1.29, 1.82) is 0 Å². The highest BCUT2D eigenvalue weighted by atomic mass is 35.5. The fourth-order valence-corrected chi connectivity index (χ4v) is 5.09. The molecule has 0 amide bonds. The van der Waals surface area contributed by atoms with Gasteiger partial charge in [0.15, 0.2) is 5.69 Å². The second-order valence-corrected chi connectivity index (χ2v) is 8.87. The number of piperidine rings is 1. The lowest BCUT2D eigenvalue weighted by Gasteiger charge is -2.31. The van der Waals surface area contributed by atoms with Crippen LogP contribution in [0, 0.1) is 6.92 Å². The van der Waals surface area contributed by atoms with Crippen molar-refractivity contribution in [3.8, 4) is 5.75 Å². The molecule has 2 heterocycles. The van der Waals surface area contributed by atoms with Crippen molar-refractivity contribution in [1.82, 2.24) is 14.1 Å². The Bertz CT molecular complexity index is 951. The minimum Gasteiger partial charge on any atom is -0.490 e. The van der Waals surface area contributed by atoms with Crippen LogP contribution in [0.5, 0.6) is 5.75 Å². The van der Waals surface area contributed by atoms with Crippen LogP contribution in [0.25, 0.3) is 0 Å². The quantitative estimate of drug-likeness (QED) is 0.732. The van der Waals surface area contributed by atoms with Crippen molar-refractivity contribution < 1.29 is 26.3 Å². The summed E-state index contributed by atoms with van der Waals surface area (Å²) in [5, 5.41) is 3.94. The minimum atomic E-state index is -4.86. The van der Waals surface area contributed by atoms with Gasteiger partial charge < -0.3 is 4.74 Å². The highest BCUT2D eigenvalue weighted by molar-refractivity contribution is 7.89. The van der Waals surface area contributed by atoms with E-state index in [1.807, 2.05) is 0 Å². The first-order valence-electron chi connectivity index (χ1n) is 8.53. The summed E-state index contributed by atoms with van der Waals surface area (Å²) in [7, 11) is -3.04. The molecule has 28 heavy (non-hydrogen) atoms. The maximum atomic E-state index is 13.3. The molecule has 0 radical (unpaired) electrons. The van der Waals surface area contributed by atoms with Crippen molar-refractivity contribution in [2.75, 3.05) is 13.1 Å². The van der Waals surface area contributed by atoms with E-state index in [1.165, 1.54) is 14.0 Å². The molecule has 0 atom stereocenters. The molecular weight excluding hydrogens is 419 g/mol. The van der Waals surface area contributed by atoms with Gasteiger partial charge in [-0.15, -0.1) is 0 Å². The average molecular weight is 438 g/mol. The van der Waals surface area contributed by atoms with Gasteiger partial charge >= 0.3 is 6.18 Å². The number of aromatic nitrogens is 2. The number of nitrogens with zero attached hydrogens (tertiary/aromatic N) is 3. The molecule has 0 spiro atoms. The van der Waals surface area contributed by atoms with Crippen molar-refractivity contribution in [2.24, 2.45) is 7.05 Å². The van der Waals surface area contributed by atoms with Gasteiger partial charge in [0.2, 0.25) is 10.0 Å². The number of benzene rings is 1. The van der Waals surface area contributed by atoms with Crippen molar-refractivity contribution in [3.05, 3.63) is 40.7 Å². The van der Waals surface area contributed by atoms with Crippen LogP contribution in [-0.2, 0) is 23.2 Å². The van der Waals surface area contributed by atoms with Gasteiger partial charge in [0.25, 0.3) is 0 Å². The van der Waals surface area contributed by atoms with Crippen LogP contribution in [-0.4, -0.2) is 41.7 Å². The van der Waals surface area contributed by atoms with Crippen molar-refractivity contribution >= 4 is 21.6 Å². The van der Waals surface area contributed by atoms with Crippen molar-refractivity contribution in [2.45, 2.75) is 36.9 Å². The molecule has 0 unspecified atom stereocenters. The fourth-order valence-electron chi connectivity index (χ4n) is 3.11. The molecule has 1 aromatic heterocycles. The van der Waals surface area contributed by atoms with E-state index in [2.05, 4.69) is 5.10 Å². The second kappa shape index (κ2) is 7.57. The highest BCUT2D eigenvalue weighted by Gasteiger charge is 2.44. The summed E-state index contributed by atoms with van der Waals surface area (Å²) >= 11 is 5.83. The zero-order chi connectivity index (χ0) is 20.7. The zero-order valence-electron chi connectivity index (χ0n) is 15.2. The summed E-state index contributed by atoms with van der Waals surface area (Å²) in [5.41, 5.74) is -1.43. The fraction of sp³-hybridized carbons (Fsp3) is 0.471. The van der Waals surface area contributed by atoms with Gasteiger partial charge in [-0.1, -0.05) is 11.6 Å². The van der Waals surface area contributed by atoms with Crippen LogP contribution < -0.4 is 4.74 Å². The van der Waals surface area contributed by atoms with Crippen LogP contribution >= 0.6 is 11.6 Å². The Morgan fingerprint density at radius 2 is 1.75 bits per heavy atom. The molecule has 2 aromatic rings. The predicted molar refractivity (Wildman–Crippen MR) is 96.8 cm³/mol. The van der Waals surface area contributed by atoms with E-state index in [1.54, 1.807) is 24.3 Å². The Morgan fingerprint density at radius 1 is 1.18 bits per heavy atom. The van der Waals surface area contributed by atoms with Gasteiger partial charge in [0.1, 0.15) is 16.7 Å². The van der Waals surface area contributed by atoms with E-state index < -0.39 is 26.8 Å². The number of sulfonamides is 1. The number of rotatable bonds is 4. The van der Waals surface area contributed by atoms with Gasteiger partial charge in [-0.2, -0.15) is 22.6 Å². The highest BCUT2D eigenvalue weighted by Crippen LogP contribution is 2.36. The molecule has 3 rings (SSSR count). The molecule has 0 bridgehead atoms. The van der Waals surface area contributed by atoms with Gasteiger partial charge in [-0.05, 0) is 44.0 Å². The summed E-state index contributed by atoms with van der Waals surface area (Å²) in [4.78, 5) is -0.778. The Kier molecular flexibility index (Phi) is 5.66. The molecule has 0 saturated carbocycles. The molecule has 1 aliphatic heterocycles. The van der Waals surface area contributed by atoms with Crippen LogP contribution in [0.15, 0.2) is 29.2 Å². The predicted octanol–water partition coefficient (Wildman–Crippen LogP) is 3.63. The maximum absolute atomic E-state index is 13.3. The summed E-state index contributed by atoms with van der Waals surface area (Å²) in [6, 6.07) is 6.78. The summed E-state index contributed by atoms with van der Waals surface area (Å²) in [5.74, 6) is 0.605. The largest absolute Gasteiger partial charge is 0.490 e. The topological polar surface area (TPSA) is 64.4 Å². The molecule has 1 fully saturated rings. The SMILES string of the molecule is Cc1c(S(=O)(=O)N2CCC(Oc3ccc(Cl)cc3)CC2)c(C(F)(F)F)nn1C. The van der Waals surface area contributed by atoms with Crippen LogP contribution in [0.3, 0.4) is 0 Å². The Labute approximate surface area is 165 Å². The van der Waals surface area contributed by atoms with E-state index in [4.69, 9.17) is 16.3 Å². The molecule has 1 saturated heterocycles. The van der Waals surface area contributed by atoms with Gasteiger partial charge in [0.05, 0.1) is 5.69 Å². The Balaban J connectivity index is 1.76. The van der Waals surface area contributed by atoms with Gasteiger partial charge in [-0.25, -0.2) is 8.42 Å². The number of hydrogen-bond acceptors (Lipinski definition) is 4. The molecule has 11 heteroatoms. The van der Waals surface area contributed by atoms with Crippen LogP contribution in [0.2, 0.25) is 5.02 Å². The molecule has 1 aromatic carbocycles. The number of aryl methyl sites for hydroxylation is 1. The summed E-state index contributed by atoms with van der Waals surface area (Å²) in [6.45, 7) is 1.43. The first-order chi connectivity index (χ1) is 13.0. The molecule has 154 valence electrons. The average Bonchev–Trinajstić information content (AvgIpc) is 2.93. The lowest BCUT2D eigenvalue weighted by atomic mass is 10.1. The second-order valence-electron chi connectivity index (χ2n) is 6.56. The van der Waals surface area contributed by atoms with E-state index in [0.29, 0.717) is 23.6 Å². The number of ether oxygens (including phenoxy) is 1. The number of halogens is 4. The molecule has 0 aliphatic carbocycles.